The van der Waals surface area contributed by atoms with E-state index in [0.717, 1.165) is 11.1 Å². The predicted molar refractivity (Wildman–Crippen MR) is 74.1 cm³/mol. The van der Waals surface area contributed by atoms with Crippen LogP contribution >= 0.6 is 0 Å². The first-order valence-electron chi connectivity index (χ1n) is 6.22. The average Bonchev–Trinajstić information content (AvgIpc) is 2.35. The first kappa shape index (κ1) is 14.1. The summed E-state index contributed by atoms with van der Waals surface area (Å²) in [6.45, 7) is 5.26. The van der Waals surface area contributed by atoms with Crippen LogP contribution in [0.1, 0.15) is 18.1 Å². The summed E-state index contributed by atoms with van der Waals surface area (Å²) in [5.74, 6) is 0.0360. The van der Waals surface area contributed by atoms with Gasteiger partial charge in [0.25, 0.3) is 0 Å². The lowest BCUT2D eigenvalue weighted by molar-refractivity contribution is -0.147. The topological polar surface area (TPSA) is 65.7 Å². The average molecular weight is 276 g/mol. The van der Waals surface area contributed by atoms with Crippen molar-refractivity contribution in [3.8, 4) is 5.75 Å². The van der Waals surface area contributed by atoms with Gasteiger partial charge in [-0.3, -0.25) is 0 Å². The molecule has 5 nitrogen and oxygen atoms in total. The molecule has 2 aromatic rings. The SMILES string of the molecule is COC(=O)[C@@H](C)Oc1cc(C)cc2oc(=O)cc(C)c12. The minimum Gasteiger partial charge on any atom is -0.478 e. The molecule has 0 aliphatic heterocycles. The molecular weight excluding hydrogens is 260 g/mol. The molecule has 0 radical (unpaired) electrons. The van der Waals surface area contributed by atoms with Crippen LogP contribution in [-0.4, -0.2) is 19.2 Å². The second kappa shape index (κ2) is 5.36. The molecule has 0 unspecified atom stereocenters. The van der Waals surface area contributed by atoms with Crippen LogP contribution in [0.3, 0.4) is 0 Å². The number of aryl methyl sites for hydroxylation is 2. The number of carbonyl (C=O) groups is 1. The van der Waals surface area contributed by atoms with Crippen molar-refractivity contribution in [2.75, 3.05) is 7.11 Å². The van der Waals surface area contributed by atoms with E-state index in [1.165, 1.54) is 13.2 Å². The van der Waals surface area contributed by atoms with Gasteiger partial charge in [-0.05, 0) is 44.0 Å². The number of esters is 1. The van der Waals surface area contributed by atoms with Gasteiger partial charge in [-0.1, -0.05) is 0 Å². The summed E-state index contributed by atoms with van der Waals surface area (Å²) < 4.78 is 15.5. The third kappa shape index (κ3) is 2.66. The molecule has 0 aliphatic carbocycles. The largest absolute Gasteiger partial charge is 0.478 e. The van der Waals surface area contributed by atoms with E-state index in [0.29, 0.717) is 16.7 Å². The number of ether oxygens (including phenoxy) is 2. The van der Waals surface area contributed by atoms with Gasteiger partial charge in [-0.15, -0.1) is 0 Å². The quantitative estimate of drug-likeness (QED) is 0.636. The summed E-state index contributed by atoms with van der Waals surface area (Å²) in [7, 11) is 1.31. The Morgan fingerprint density at radius 2 is 1.95 bits per heavy atom. The highest BCUT2D eigenvalue weighted by atomic mass is 16.6. The monoisotopic (exact) mass is 276 g/mol. The van der Waals surface area contributed by atoms with E-state index in [1.807, 2.05) is 6.92 Å². The third-order valence-electron chi connectivity index (χ3n) is 2.99. The van der Waals surface area contributed by atoms with E-state index in [9.17, 15) is 9.59 Å². The molecule has 20 heavy (non-hydrogen) atoms. The van der Waals surface area contributed by atoms with Gasteiger partial charge >= 0.3 is 11.6 Å². The molecule has 0 amide bonds. The third-order valence-corrected chi connectivity index (χ3v) is 2.99. The van der Waals surface area contributed by atoms with Crippen LogP contribution in [-0.2, 0) is 9.53 Å². The Morgan fingerprint density at radius 3 is 2.60 bits per heavy atom. The van der Waals surface area contributed by atoms with Crippen molar-refractivity contribution in [2.45, 2.75) is 26.9 Å². The van der Waals surface area contributed by atoms with E-state index < -0.39 is 17.7 Å². The molecule has 5 heteroatoms. The summed E-state index contributed by atoms with van der Waals surface area (Å²) in [5, 5.41) is 0.686. The highest BCUT2D eigenvalue weighted by molar-refractivity contribution is 5.88. The van der Waals surface area contributed by atoms with Crippen LogP contribution in [0.5, 0.6) is 5.75 Å². The van der Waals surface area contributed by atoms with Gasteiger partial charge in [-0.25, -0.2) is 9.59 Å². The number of hydrogen-bond donors (Lipinski definition) is 0. The second-order valence-corrected chi connectivity index (χ2v) is 4.67. The number of carbonyl (C=O) groups excluding carboxylic acids is 1. The van der Waals surface area contributed by atoms with Crippen LogP contribution in [0.25, 0.3) is 11.0 Å². The van der Waals surface area contributed by atoms with Gasteiger partial charge in [-0.2, -0.15) is 0 Å². The smallest absolute Gasteiger partial charge is 0.346 e. The molecule has 0 saturated carbocycles. The van der Waals surface area contributed by atoms with Crippen LogP contribution < -0.4 is 10.4 Å². The van der Waals surface area contributed by atoms with Gasteiger partial charge in [0.1, 0.15) is 11.3 Å². The van der Waals surface area contributed by atoms with Gasteiger partial charge in [0.05, 0.1) is 12.5 Å². The van der Waals surface area contributed by atoms with Crippen LogP contribution in [0.15, 0.2) is 27.4 Å². The highest BCUT2D eigenvalue weighted by Crippen LogP contribution is 2.30. The van der Waals surface area contributed by atoms with Crippen molar-refractivity contribution in [1.29, 1.82) is 0 Å². The number of rotatable bonds is 3. The van der Waals surface area contributed by atoms with E-state index in [4.69, 9.17) is 9.15 Å². The molecule has 0 saturated heterocycles. The van der Waals surface area contributed by atoms with Crippen LogP contribution in [0.2, 0.25) is 0 Å². The molecule has 1 aromatic carbocycles. The van der Waals surface area contributed by atoms with E-state index in [1.54, 1.807) is 26.0 Å². The first-order valence-corrected chi connectivity index (χ1v) is 6.22. The number of methoxy groups -OCH3 is 1. The fourth-order valence-electron chi connectivity index (χ4n) is 2.07. The van der Waals surface area contributed by atoms with Crippen molar-refractivity contribution < 1.29 is 18.7 Å². The zero-order valence-corrected chi connectivity index (χ0v) is 11.9. The maximum atomic E-state index is 11.5. The zero-order valence-electron chi connectivity index (χ0n) is 11.9. The fraction of sp³-hybridized carbons (Fsp3) is 0.333. The summed E-state index contributed by atoms with van der Waals surface area (Å²) in [6, 6.07) is 4.96. The maximum absolute atomic E-state index is 11.5. The minimum atomic E-state index is -0.740. The molecule has 0 bridgehead atoms. The lowest BCUT2D eigenvalue weighted by Crippen LogP contribution is -2.25. The Kier molecular flexibility index (Phi) is 3.79. The fourth-order valence-corrected chi connectivity index (χ4v) is 2.07. The Labute approximate surface area is 116 Å². The molecule has 0 fully saturated rings. The molecule has 0 aliphatic rings. The standard InChI is InChI=1S/C15H16O5/c1-8-5-11(19-10(3)15(17)18-4)14-9(2)7-13(16)20-12(14)6-8/h5-7,10H,1-4H3/t10-/m1/s1. The lowest BCUT2D eigenvalue weighted by Gasteiger charge is -2.15. The summed E-state index contributed by atoms with van der Waals surface area (Å²) in [4.78, 5) is 22.9. The van der Waals surface area contributed by atoms with Crippen LogP contribution in [0, 0.1) is 13.8 Å². The normalized spacial score (nSPS) is 12.2. The molecule has 1 atom stereocenters. The maximum Gasteiger partial charge on any atom is 0.346 e. The van der Waals surface area contributed by atoms with Crippen LogP contribution in [0.4, 0.5) is 0 Å². The zero-order chi connectivity index (χ0) is 14.9. The number of benzene rings is 1. The van der Waals surface area contributed by atoms with Gasteiger partial charge in [0, 0.05) is 6.07 Å². The molecular formula is C15H16O5. The molecule has 2 rings (SSSR count). The van der Waals surface area contributed by atoms with Crippen molar-refractivity contribution in [1.82, 2.24) is 0 Å². The van der Waals surface area contributed by atoms with E-state index in [-0.39, 0.29) is 0 Å². The van der Waals surface area contributed by atoms with E-state index in [2.05, 4.69) is 4.74 Å². The Bertz CT molecular complexity index is 714. The second-order valence-electron chi connectivity index (χ2n) is 4.67. The molecule has 106 valence electrons. The van der Waals surface area contributed by atoms with Gasteiger partial charge in [0.15, 0.2) is 6.10 Å². The van der Waals surface area contributed by atoms with Crippen molar-refractivity contribution in [2.24, 2.45) is 0 Å². The van der Waals surface area contributed by atoms with E-state index >= 15 is 0 Å². The summed E-state index contributed by atoms with van der Waals surface area (Å²) in [5.41, 5.74) is 1.65. The predicted octanol–water partition coefficient (Wildman–Crippen LogP) is 2.35. The number of fused-ring (bicyclic) bond motifs is 1. The molecule has 1 heterocycles. The van der Waals surface area contributed by atoms with Gasteiger partial charge in [0.2, 0.25) is 0 Å². The Morgan fingerprint density at radius 1 is 1.25 bits per heavy atom. The first-order chi connectivity index (χ1) is 9.42. The minimum absolute atomic E-state index is 0.410. The molecule has 0 spiro atoms. The number of hydrogen-bond acceptors (Lipinski definition) is 5. The highest BCUT2D eigenvalue weighted by Gasteiger charge is 2.18. The van der Waals surface area contributed by atoms with Crippen molar-refractivity contribution in [3.63, 3.8) is 0 Å². The van der Waals surface area contributed by atoms with Crippen molar-refractivity contribution in [3.05, 3.63) is 39.7 Å². The lowest BCUT2D eigenvalue weighted by atomic mass is 10.1. The molecule has 0 N–H and O–H groups in total. The van der Waals surface area contributed by atoms with Gasteiger partial charge < -0.3 is 13.9 Å². The molecule has 1 aromatic heterocycles. The summed E-state index contributed by atoms with van der Waals surface area (Å²) >= 11 is 0. The Hall–Kier alpha value is -2.30. The Balaban J connectivity index is 2.58. The van der Waals surface area contributed by atoms with Crippen molar-refractivity contribution >= 4 is 16.9 Å². The summed E-state index contributed by atoms with van der Waals surface area (Å²) in [6.07, 6.45) is -0.740.